The number of nitrogens with zero attached hydrogens (tertiary/aromatic N) is 4. The Labute approximate surface area is 134 Å². The Bertz CT molecular complexity index is 673. The number of carbonyl (C=O) groups excluding carboxylic acids is 1. The molecule has 0 bridgehead atoms. The van der Waals surface area contributed by atoms with E-state index in [0.717, 1.165) is 0 Å². The number of nitrogens with one attached hydrogen (secondary N) is 1. The highest BCUT2D eigenvalue weighted by atomic mass is 16.5. The van der Waals surface area contributed by atoms with Crippen molar-refractivity contribution in [3.8, 4) is 11.8 Å². The molecule has 8 heteroatoms. The average molecular weight is 317 g/mol. The Kier molecular flexibility index (Phi) is 5.29. The lowest BCUT2D eigenvalue weighted by molar-refractivity contribution is 0.0949. The minimum absolute atomic E-state index is 0.171. The monoisotopic (exact) mass is 317 g/mol. The molecule has 1 amide bonds. The van der Waals surface area contributed by atoms with Gasteiger partial charge in [-0.1, -0.05) is 0 Å². The van der Waals surface area contributed by atoms with Crippen LogP contribution < -0.4 is 19.7 Å². The molecule has 1 heterocycles. The van der Waals surface area contributed by atoms with Crippen LogP contribution in [0.15, 0.2) is 24.3 Å². The van der Waals surface area contributed by atoms with Gasteiger partial charge in [0.1, 0.15) is 5.75 Å². The van der Waals surface area contributed by atoms with Crippen molar-refractivity contribution >= 4 is 11.9 Å². The van der Waals surface area contributed by atoms with E-state index in [1.165, 1.54) is 7.11 Å². The summed E-state index contributed by atoms with van der Waals surface area (Å²) in [6, 6.07) is 7.04. The fraction of sp³-hybridized carbons (Fsp3) is 0.333. The molecule has 8 nitrogen and oxygen atoms in total. The van der Waals surface area contributed by atoms with Gasteiger partial charge in [0.15, 0.2) is 5.82 Å². The van der Waals surface area contributed by atoms with Gasteiger partial charge in [0.2, 0.25) is 5.95 Å². The summed E-state index contributed by atoms with van der Waals surface area (Å²) < 4.78 is 10.1. The number of amides is 1. The van der Waals surface area contributed by atoms with Gasteiger partial charge in [0, 0.05) is 19.7 Å². The lowest BCUT2D eigenvalue weighted by Crippen LogP contribution is -2.25. The molecule has 2 aromatic rings. The van der Waals surface area contributed by atoms with Crippen LogP contribution in [0, 0.1) is 0 Å². The quantitative estimate of drug-likeness (QED) is 0.846. The zero-order valence-electron chi connectivity index (χ0n) is 13.5. The third-order valence-corrected chi connectivity index (χ3v) is 2.99. The minimum Gasteiger partial charge on any atom is -0.497 e. The normalized spacial score (nSPS) is 10.1. The molecule has 0 radical (unpaired) electrons. The molecule has 0 fully saturated rings. The molecule has 122 valence electrons. The van der Waals surface area contributed by atoms with Gasteiger partial charge >= 0.3 is 6.01 Å². The zero-order chi connectivity index (χ0) is 16.8. The number of ether oxygens (including phenoxy) is 2. The number of carbonyl (C=O) groups is 1. The molecular weight excluding hydrogens is 298 g/mol. The van der Waals surface area contributed by atoms with Crippen LogP contribution in [0.2, 0.25) is 0 Å². The Morgan fingerprint density at radius 3 is 2.35 bits per heavy atom. The van der Waals surface area contributed by atoms with Crippen molar-refractivity contribution in [1.29, 1.82) is 0 Å². The second kappa shape index (κ2) is 7.39. The molecule has 23 heavy (non-hydrogen) atoms. The highest BCUT2D eigenvalue weighted by Crippen LogP contribution is 2.12. The molecule has 0 aliphatic rings. The first-order valence-electron chi connectivity index (χ1n) is 6.92. The largest absolute Gasteiger partial charge is 0.497 e. The van der Waals surface area contributed by atoms with Gasteiger partial charge in [-0.25, -0.2) is 0 Å². The molecule has 0 unspecified atom stereocenters. The highest BCUT2D eigenvalue weighted by Gasteiger charge is 2.11. The van der Waals surface area contributed by atoms with Crippen LogP contribution in [0.1, 0.15) is 16.2 Å². The van der Waals surface area contributed by atoms with Crippen LogP contribution in [-0.4, -0.2) is 49.2 Å². The molecule has 0 atom stereocenters. The summed E-state index contributed by atoms with van der Waals surface area (Å²) in [5.74, 6) is 1.35. The van der Waals surface area contributed by atoms with E-state index in [2.05, 4.69) is 20.3 Å². The lowest BCUT2D eigenvalue weighted by Gasteiger charge is -2.12. The number of hydrogen-bond acceptors (Lipinski definition) is 7. The van der Waals surface area contributed by atoms with Crippen molar-refractivity contribution in [1.82, 2.24) is 20.3 Å². The van der Waals surface area contributed by atoms with Gasteiger partial charge in [0.05, 0.1) is 20.8 Å². The summed E-state index contributed by atoms with van der Waals surface area (Å²) in [6.07, 6.45) is 0. The Hall–Kier alpha value is -2.90. The van der Waals surface area contributed by atoms with Gasteiger partial charge in [0.25, 0.3) is 5.91 Å². The maximum absolute atomic E-state index is 12.1. The van der Waals surface area contributed by atoms with Crippen molar-refractivity contribution < 1.29 is 14.3 Å². The number of hydrogen-bond donors (Lipinski definition) is 1. The summed E-state index contributed by atoms with van der Waals surface area (Å²) in [5.41, 5.74) is 0.527. The van der Waals surface area contributed by atoms with Crippen molar-refractivity contribution in [2.75, 3.05) is 33.2 Å². The first kappa shape index (κ1) is 16.5. The number of aromatic nitrogens is 3. The van der Waals surface area contributed by atoms with Crippen LogP contribution >= 0.6 is 0 Å². The fourth-order valence-corrected chi connectivity index (χ4v) is 1.76. The third-order valence-electron chi connectivity index (χ3n) is 2.99. The number of anilines is 1. The van der Waals surface area contributed by atoms with Crippen molar-refractivity contribution in [2.45, 2.75) is 6.54 Å². The number of benzene rings is 1. The molecule has 1 aromatic carbocycles. The van der Waals surface area contributed by atoms with Crippen LogP contribution in [0.25, 0.3) is 0 Å². The van der Waals surface area contributed by atoms with Crippen molar-refractivity contribution in [2.24, 2.45) is 0 Å². The summed E-state index contributed by atoms with van der Waals surface area (Å²) in [4.78, 5) is 26.4. The fourth-order valence-electron chi connectivity index (χ4n) is 1.76. The van der Waals surface area contributed by atoms with Crippen LogP contribution in [-0.2, 0) is 6.54 Å². The smallest absolute Gasteiger partial charge is 0.321 e. The second-order valence-corrected chi connectivity index (χ2v) is 4.84. The van der Waals surface area contributed by atoms with Gasteiger partial charge in [-0.2, -0.15) is 15.0 Å². The molecule has 0 spiro atoms. The predicted molar refractivity (Wildman–Crippen MR) is 84.9 cm³/mol. The first-order chi connectivity index (χ1) is 11.0. The van der Waals surface area contributed by atoms with E-state index in [1.54, 1.807) is 36.3 Å². The minimum atomic E-state index is -0.224. The first-order valence-corrected chi connectivity index (χ1v) is 6.92. The molecule has 2 rings (SSSR count). The summed E-state index contributed by atoms with van der Waals surface area (Å²) in [7, 11) is 6.68. The number of rotatable bonds is 6. The van der Waals surface area contributed by atoms with Crippen LogP contribution in [0.3, 0.4) is 0 Å². The van der Waals surface area contributed by atoms with Gasteiger partial charge in [-0.15, -0.1) is 0 Å². The highest BCUT2D eigenvalue weighted by molar-refractivity contribution is 5.94. The molecule has 1 N–H and O–H groups in total. The topological polar surface area (TPSA) is 89.5 Å². The Morgan fingerprint density at radius 2 is 1.78 bits per heavy atom. The second-order valence-electron chi connectivity index (χ2n) is 4.84. The van der Waals surface area contributed by atoms with E-state index in [1.807, 2.05) is 14.1 Å². The van der Waals surface area contributed by atoms with Gasteiger partial charge < -0.3 is 19.7 Å². The molecule has 0 saturated carbocycles. The average Bonchev–Trinajstić information content (AvgIpc) is 2.59. The SMILES string of the molecule is COc1ccc(C(=O)NCc2nc(OC)nc(N(C)C)n2)cc1. The standard InChI is InChI=1S/C15H19N5O3/c1-20(2)14-17-12(18-15(19-14)23-4)9-16-13(21)10-5-7-11(22-3)8-6-10/h5-8H,9H2,1-4H3,(H,16,21). The van der Waals surface area contributed by atoms with E-state index in [4.69, 9.17) is 9.47 Å². The lowest BCUT2D eigenvalue weighted by atomic mass is 10.2. The maximum Gasteiger partial charge on any atom is 0.321 e. The van der Waals surface area contributed by atoms with E-state index >= 15 is 0 Å². The van der Waals surface area contributed by atoms with E-state index < -0.39 is 0 Å². The zero-order valence-corrected chi connectivity index (χ0v) is 13.5. The van der Waals surface area contributed by atoms with Crippen LogP contribution in [0.4, 0.5) is 5.95 Å². The molecule has 0 aliphatic carbocycles. The third kappa shape index (κ3) is 4.29. The number of methoxy groups -OCH3 is 2. The van der Waals surface area contributed by atoms with Gasteiger partial charge in [-0.05, 0) is 24.3 Å². The van der Waals surface area contributed by atoms with E-state index in [9.17, 15) is 4.79 Å². The summed E-state index contributed by atoms with van der Waals surface area (Å²) >= 11 is 0. The molecule has 0 aliphatic heterocycles. The summed E-state index contributed by atoms with van der Waals surface area (Å²) in [6.45, 7) is 0.171. The summed E-state index contributed by atoms with van der Waals surface area (Å²) in [5, 5.41) is 2.76. The predicted octanol–water partition coefficient (Wildman–Crippen LogP) is 0.885. The van der Waals surface area contributed by atoms with Gasteiger partial charge in [-0.3, -0.25) is 4.79 Å². The van der Waals surface area contributed by atoms with Crippen molar-refractivity contribution in [3.63, 3.8) is 0 Å². The molecule has 1 aromatic heterocycles. The van der Waals surface area contributed by atoms with E-state index in [-0.39, 0.29) is 18.5 Å². The molecule has 0 saturated heterocycles. The Balaban J connectivity index is 2.07. The Morgan fingerprint density at radius 1 is 1.09 bits per heavy atom. The van der Waals surface area contributed by atoms with E-state index in [0.29, 0.717) is 23.1 Å². The molecular formula is C15H19N5O3. The van der Waals surface area contributed by atoms with Crippen molar-refractivity contribution in [3.05, 3.63) is 35.7 Å². The maximum atomic E-state index is 12.1. The van der Waals surface area contributed by atoms with Crippen LogP contribution in [0.5, 0.6) is 11.8 Å².